The molecule has 6 rings (SSSR count). The number of carbonyl (C=O) groups excluding carboxylic acids is 2. The Bertz CT molecular complexity index is 2180. The number of likely N-dealkylation sites (tertiary alicyclic amines) is 1. The molecule has 0 bridgehead atoms. The maximum Gasteiger partial charge on any atom is 0.345 e. The first-order chi connectivity index (χ1) is 26.5. The van der Waals surface area contributed by atoms with Crippen molar-refractivity contribution in [1.82, 2.24) is 20.5 Å². The molecule has 2 amide bonds. The van der Waals surface area contributed by atoms with Crippen LogP contribution in [0.15, 0.2) is 108 Å². The van der Waals surface area contributed by atoms with Gasteiger partial charge in [-0.2, -0.15) is 0 Å². The molecule has 2 heterocycles. The molecule has 4 aromatic carbocycles. The molecule has 0 aliphatic carbocycles. The predicted molar refractivity (Wildman–Crippen MR) is 205 cm³/mol. The molecule has 0 radical (unpaired) electrons. The van der Waals surface area contributed by atoms with Crippen molar-refractivity contribution in [3.05, 3.63) is 141 Å². The summed E-state index contributed by atoms with van der Waals surface area (Å²) in [6, 6.07) is 27.6. The van der Waals surface area contributed by atoms with Crippen molar-refractivity contribution < 1.29 is 39.5 Å². The highest BCUT2D eigenvalue weighted by molar-refractivity contribution is 5.94. The van der Waals surface area contributed by atoms with Gasteiger partial charge in [0.05, 0.1) is 11.6 Å². The van der Waals surface area contributed by atoms with Crippen molar-refractivity contribution in [2.24, 2.45) is 5.92 Å². The van der Waals surface area contributed by atoms with E-state index in [9.17, 15) is 39.6 Å². The molecule has 1 aliphatic rings. The summed E-state index contributed by atoms with van der Waals surface area (Å²) < 4.78 is 5.73. The number of aromatic nitrogens is 1. The summed E-state index contributed by atoms with van der Waals surface area (Å²) in [6.45, 7) is 2.13. The first kappa shape index (κ1) is 38.7. The number of aromatic amines is 1. The van der Waals surface area contributed by atoms with Gasteiger partial charge in [-0.3, -0.25) is 14.4 Å². The molecule has 5 aromatic rings. The zero-order valence-corrected chi connectivity index (χ0v) is 30.1. The number of nitrogens with zero attached hydrogens (tertiary/aromatic N) is 1. The van der Waals surface area contributed by atoms with Crippen LogP contribution in [0.3, 0.4) is 0 Å². The average Bonchev–Trinajstić information content (AvgIpc) is 3.21. The van der Waals surface area contributed by atoms with E-state index >= 15 is 0 Å². The smallest absolute Gasteiger partial charge is 0.345 e. The zero-order chi connectivity index (χ0) is 39.0. The number of carboxylic acids is 1. The van der Waals surface area contributed by atoms with Gasteiger partial charge in [0.1, 0.15) is 11.5 Å². The number of benzene rings is 4. The number of rotatable bonds is 15. The second-order valence-electron chi connectivity index (χ2n) is 13.7. The number of H-pyrrole nitrogens is 1. The van der Waals surface area contributed by atoms with E-state index < -0.39 is 17.7 Å². The van der Waals surface area contributed by atoms with Gasteiger partial charge in [0.15, 0.2) is 6.61 Å². The Morgan fingerprint density at radius 2 is 1.64 bits per heavy atom. The van der Waals surface area contributed by atoms with Gasteiger partial charge in [-0.25, -0.2) is 4.79 Å². The van der Waals surface area contributed by atoms with Crippen LogP contribution in [0.25, 0.3) is 10.9 Å². The third-order valence-corrected chi connectivity index (χ3v) is 10.0. The Balaban J connectivity index is 0.899. The molecule has 1 fully saturated rings. The number of nitrogens with one attached hydrogen (secondary N) is 3. The number of fused-ring (bicyclic) bond motifs is 1. The molecular formula is C42H44N4O9. The van der Waals surface area contributed by atoms with Crippen molar-refractivity contribution >= 4 is 28.7 Å². The van der Waals surface area contributed by atoms with Crippen LogP contribution in [0.4, 0.5) is 0 Å². The highest BCUT2D eigenvalue weighted by Crippen LogP contribution is 2.32. The SMILES string of the molecule is O=C(NCC1CCN(C(=O)COc2cccc([C@](O)(C(=O)O)c3ccccc3)c2)CC1)c1ccc(CCNC[C@H](O)c2ccc(O)c3[nH]c(=O)ccc23)cc1. The molecule has 1 saturated heterocycles. The van der Waals surface area contributed by atoms with Gasteiger partial charge >= 0.3 is 5.97 Å². The summed E-state index contributed by atoms with van der Waals surface area (Å²) in [5.74, 6) is -1.40. The lowest BCUT2D eigenvalue weighted by molar-refractivity contribution is -0.155. The minimum Gasteiger partial charge on any atom is -0.506 e. The fourth-order valence-electron chi connectivity index (χ4n) is 6.82. The number of phenolic OH excluding ortho intramolecular Hbond substituents is 1. The minimum absolute atomic E-state index is 0.0610. The standard InChI is InChI=1S/C42H44N4O9/c47-35-15-13-33(34-14-16-37(49)45-39(34)35)36(48)25-43-20-17-27-9-11-29(12-10-27)40(51)44-24-28-18-21-46(22-19-28)38(50)26-55-32-8-4-7-31(23-32)42(54,41(52)53)30-5-2-1-3-6-30/h1-16,23,28,36,43,47-48,54H,17-22,24-26H2,(H,44,51)(H,45,49)(H,52,53)/t36-,42-/m0/s1. The number of hydrogen-bond acceptors (Lipinski definition) is 9. The first-order valence-electron chi connectivity index (χ1n) is 18.2. The van der Waals surface area contributed by atoms with E-state index in [-0.39, 0.29) is 64.6 Å². The van der Waals surface area contributed by atoms with Crippen molar-refractivity contribution in [3.63, 3.8) is 0 Å². The lowest BCUT2D eigenvalue weighted by Gasteiger charge is -2.32. The number of aliphatic hydroxyl groups is 2. The van der Waals surface area contributed by atoms with Crippen molar-refractivity contribution in [2.45, 2.75) is 31.0 Å². The summed E-state index contributed by atoms with van der Waals surface area (Å²) in [6.07, 6.45) is 1.25. The molecule has 55 heavy (non-hydrogen) atoms. The molecule has 13 heteroatoms. The number of ether oxygens (including phenoxy) is 1. The molecule has 13 nitrogen and oxygen atoms in total. The number of aliphatic carboxylic acids is 1. The lowest BCUT2D eigenvalue weighted by Crippen LogP contribution is -2.43. The Morgan fingerprint density at radius 3 is 2.36 bits per heavy atom. The molecule has 0 unspecified atom stereocenters. The quantitative estimate of drug-likeness (QED) is 0.0778. The molecule has 1 aliphatic heterocycles. The van der Waals surface area contributed by atoms with Gasteiger partial charge < -0.3 is 45.7 Å². The number of amides is 2. The van der Waals surface area contributed by atoms with Gasteiger partial charge in [-0.15, -0.1) is 0 Å². The zero-order valence-electron chi connectivity index (χ0n) is 30.1. The van der Waals surface area contributed by atoms with Crippen molar-refractivity contribution in [1.29, 1.82) is 0 Å². The van der Waals surface area contributed by atoms with E-state index in [1.54, 1.807) is 59.5 Å². The van der Waals surface area contributed by atoms with Crippen LogP contribution in [0.5, 0.6) is 11.5 Å². The molecule has 2 atom stereocenters. The Labute approximate surface area is 317 Å². The number of aromatic hydroxyl groups is 1. The average molecular weight is 749 g/mol. The van der Waals surface area contributed by atoms with Gasteiger partial charge in [0, 0.05) is 48.8 Å². The lowest BCUT2D eigenvalue weighted by atomic mass is 9.86. The summed E-state index contributed by atoms with van der Waals surface area (Å²) >= 11 is 0. The predicted octanol–water partition coefficient (Wildman–Crippen LogP) is 3.47. The number of hydrogen-bond donors (Lipinski definition) is 7. The molecule has 7 N–H and O–H groups in total. The second kappa shape index (κ2) is 17.4. The maximum absolute atomic E-state index is 13.0. The highest BCUT2D eigenvalue weighted by atomic mass is 16.5. The van der Waals surface area contributed by atoms with E-state index in [0.717, 1.165) is 5.56 Å². The van der Waals surface area contributed by atoms with Crippen LogP contribution in [0.2, 0.25) is 0 Å². The summed E-state index contributed by atoms with van der Waals surface area (Å²) in [5.41, 5.74) is 0.139. The molecule has 0 spiro atoms. The monoisotopic (exact) mass is 748 g/mol. The van der Waals surface area contributed by atoms with E-state index in [1.165, 1.54) is 36.4 Å². The maximum atomic E-state index is 13.0. The Hall–Kier alpha value is -6.02. The molecular weight excluding hydrogens is 704 g/mol. The number of aliphatic hydroxyl groups excluding tert-OH is 1. The Kier molecular flexibility index (Phi) is 12.3. The minimum atomic E-state index is -2.28. The molecule has 1 aromatic heterocycles. The van der Waals surface area contributed by atoms with Crippen molar-refractivity contribution in [3.8, 4) is 11.5 Å². The second-order valence-corrected chi connectivity index (χ2v) is 13.7. The van der Waals surface area contributed by atoms with Crippen LogP contribution in [-0.4, -0.2) is 87.4 Å². The number of pyridine rings is 1. The first-order valence-corrected chi connectivity index (χ1v) is 18.2. The fourth-order valence-corrected chi connectivity index (χ4v) is 6.82. The number of carboxylic acid groups (broad SMARTS) is 1. The van der Waals surface area contributed by atoms with Crippen molar-refractivity contribution in [2.75, 3.05) is 39.3 Å². The normalized spacial score (nSPS) is 14.9. The largest absolute Gasteiger partial charge is 0.506 e. The van der Waals surface area contributed by atoms with Crippen LogP contribution >= 0.6 is 0 Å². The van der Waals surface area contributed by atoms with E-state index in [0.29, 0.717) is 62.0 Å². The van der Waals surface area contributed by atoms with Crippen LogP contribution in [-0.2, 0) is 21.6 Å². The number of carbonyl (C=O) groups is 3. The summed E-state index contributed by atoms with van der Waals surface area (Å²) in [4.78, 5) is 54.0. The topological polar surface area (TPSA) is 202 Å². The summed E-state index contributed by atoms with van der Waals surface area (Å²) in [5, 5.41) is 48.7. The summed E-state index contributed by atoms with van der Waals surface area (Å²) in [7, 11) is 0. The van der Waals surface area contributed by atoms with Gasteiger partial charge in [-0.05, 0) is 84.8 Å². The number of piperidine rings is 1. The van der Waals surface area contributed by atoms with Crippen LogP contribution in [0, 0.1) is 5.92 Å². The third kappa shape index (κ3) is 9.20. The van der Waals surface area contributed by atoms with E-state index in [4.69, 9.17) is 4.74 Å². The molecule has 286 valence electrons. The van der Waals surface area contributed by atoms with E-state index in [2.05, 4.69) is 15.6 Å². The number of phenols is 1. The third-order valence-electron chi connectivity index (χ3n) is 10.0. The van der Waals surface area contributed by atoms with Gasteiger partial charge in [-0.1, -0.05) is 60.7 Å². The van der Waals surface area contributed by atoms with E-state index in [1.807, 2.05) is 12.1 Å². The fraction of sp³-hybridized carbons (Fsp3) is 0.286. The Morgan fingerprint density at radius 1 is 0.909 bits per heavy atom. The van der Waals surface area contributed by atoms with Gasteiger partial charge in [0.2, 0.25) is 11.2 Å². The highest BCUT2D eigenvalue weighted by Gasteiger charge is 2.40. The van der Waals surface area contributed by atoms with Crippen LogP contribution in [0.1, 0.15) is 51.6 Å². The van der Waals surface area contributed by atoms with Crippen LogP contribution < -0.4 is 20.9 Å². The van der Waals surface area contributed by atoms with Gasteiger partial charge in [0.25, 0.3) is 11.8 Å². The molecule has 0 saturated carbocycles.